The first-order valence-electron chi connectivity index (χ1n) is 9.83. The van der Waals surface area contributed by atoms with Crippen LogP contribution in [0.2, 0.25) is 4.34 Å². The van der Waals surface area contributed by atoms with Crippen molar-refractivity contribution in [3.8, 4) is 0 Å². The topological polar surface area (TPSA) is 197 Å². The number of aliphatic carboxylic acids is 1. The Bertz CT molecular complexity index is 1250. The smallest absolute Gasteiger partial charge is 0.353 e. The number of hydrogen-bond donors (Lipinski definition) is 5. The molecule has 15 heteroatoms. The number of thiazole rings is 1. The number of carbonyl (C=O) groups excluding carboxylic acids is 2. The Hall–Kier alpha value is -3.20. The molecular weight excluding hydrogens is 506 g/mol. The molecule has 0 aliphatic carbocycles. The molecular formula is C19H18ClN7O5S2. The lowest BCUT2D eigenvalue weighted by Gasteiger charge is -2.50. The zero-order chi connectivity index (χ0) is 24.6. The molecule has 0 spiro atoms. The Morgan fingerprint density at radius 2 is 2.21 bits per heavy atom. The molecule has 4 heterocycles. The number of oxime groups is 1. The van der Waals surface area contributed by atoms with Crippen LogP contribution < -0.4 is 16.8 Å². The van der Waals surface area contributed by atoms with Crippen molar-refractivity contribution in [2.45, 2.75) is 36.4 Å². The molecule has 4 rings (SSSR count). The molecule has 0 aromatic carbocycles. The summed E-state index contributed by atoms with van der Waals surface area (Å²) < 4.78 is 0.0460. The summed E-state index contributed by atoms with van der Waals surface area (Å²) in [6.07, 6.45) is 2.37. The SMILES string of the molecule is NCc1ncccc1SC1=C(C(=O)O)N2C(=O)C(NC(=O)C(=NO)c3nc(N)sc3Cl)C2CC1. The largest absolute Gasteiger partial charge is 0.477 e. The van der Waals surface area contributed by atoms with Crippen LogP contribution in [0.15, 0.2) is 39.0 Å². The molecule has 2 aliphatic rings. The number of allylic oxidation sites excluding steroid dienone is 1. The number of β-lactam (4-membered cyclic amide) rings is 1. The number of hydrogen-bond acceptors (Lipinski definition) is 11. The van der Waals surface area contributed by atoms with E-state index in [1.807, 2.05) is 0 Å². The zero-order valence-electron chi connectivity index (χ0n) is 17.3. The second-order valence-corrected chi connectivity index (χ2v) is 9.99. The molecule has 7 N–H and O–H groups in total. The monoisotopic (exact) mass is 523 g/mol. The number of aromatic nitrogens is 2. The number of halogens is 1. The zero-order valence-corrected chi connectivity index (χ0v) is 19.7. The number of nitrogens with zero attached hydrogens (tertiary/aromatic N) is 4. The fourth-order valence-corrected chi connectivity index (χ4v) is 5.90. The van der Waals surface area contributed by atoms with E-state index in [1.165, 1.54) is 16.7 Å². The Labute approximate surface area is 205 Å². The molecule has 2 aromatic heterocycles. The first-order chi connectivity index (χ1) is 16.3. The number of thioether (sulfide) groups is 1. The van der Waals surface area contributed by atoms with E-state index in [0.717, 1.165) is 11.3 Å². The number of nitrogens with two attached hydrogens (primary N) is 2. The van der Waals surface area contributed by atoms with Crippen LogP contribution in [0.3, 0.4) is 0 Å². The normalized spacial score (nSPS) is 20.1. The molecule has 2 aliphatic heterocycles. The molecule has 0 radical (unpaired) electrons. The van der Waals surface area contributed by atoms with Gasteiger partial charge >= 0.3 is 5.97 Å². The lowest BCUT2D eigenvalue weighted by molar-refractivity contribution is -0.155. The van der Waals surface area contributed by atoms with E-state index in [2.05, 4.69) is 20.4 Å². The van der Waals surface area contributed by atoms with Gasteiger partial charge in [0.1, 0.15) is 21.8 Å². The number of carboxylic acid groups (broad SMARTS) is 1. The van der Waals surface area contributed by atoms with E-state index in [1.54, 1.807) is 18.3 Å². The second kappa shape index (κ2) is 9.58. The van der Waals surface area contributed by atoms with Crippen molar-refractivity contribution in [2.75, 3.05) is 5.73 Å². The van der Waals surface area contributed by atoms with Crippen LogP contribution in [0.5, 0.6) is 0 Å². The summed E-state index contributed by atoms with van der Waals surface area (Å²) in [6.45, 7) is 0.182. The quantitative estimate of drug-likeness (QED) is 0.151. The van der Waals surface area contributed by atoms with Gasteiger partial charge in [0, 0.05) is 22.5 Å². The summed E-state index contributed by atoms with van der Waals surface area (Å²) in [5.74, 6) is -2.75. The van der Waals surface area contributed by atoms with Crippen molar-refractivity contribution in [2.24, 2.45) is 10.9 Å². The standard InChI is InChI=1S/C19H18ClN7O5S2/c20-15-12(25-19(22)34-15)13(26-32)16(28)24-11-8-3-4-10(14(18(30)31)27(8)17(11)29)33-9-2-1-5-23-7(9)6-21/h1-2,5,8,11,32H,3-4,6,21H2,(H2,22,25)(H,24,28)(H,30,31). The van der Waals surface area contributed by atoms with E-state index in [0.29, 0.717) is 28.3 Å². The summed E-state index contributed by atoms with van der Waals surface area (Å²) in [7, 11) is 0. The highest BCUT2D eigenvalue weighted by Gasteiger charge is 2.54. The van der Waals surface area contributed by atoms with Gasteiger partial charge in [-0.1, -0.05) is 39.9 Å². The lowest BCUT2D eigenvalue weighted by Crippen LogP contribution is -2.72. The van der Waals surface area contributed by atoms with Gasteiger partial charge in [-0.3, -0.25) is 19.5 Å². The molecule has 2 aromatic rings. The molecule has 34 heavy (non-hydrogen) atoms. The highest BCUT2D eigenvalue weighted by molar-refractivity contribution is 8.03. The van der Waals surface area contributed by atoms with Crippen molar-refractivity contribution >= 4 is 63.3 Å². The predicted molar refractivity (Wildman–Crippen MR) is 124 cm³/mol. The van der Waals surface area contributed by atoms with Crippen LogP contribution in [0.25, 0.3) is 0 Å². The number of anilines is 1. The van der Waals surface area contributed by atoms with Gasteiger partial charge in [0.25, 0.3) is 11.8 Å². The summed E-state index contributed by atoms with van der Waals surface area (Å²) >= 11 is 8.09. The average molecular weight is 524 g/mol. The van der Waals surface area contributed by atoms with E-state index < -0.39 is 35.6 Å². The molecule has 178 valence electrons. The number of nitrogen functional groups attached to an aromatic ring is 1. The third-order valence-corrected chi connectivity index (χ3v) is 7.62. The Morgan fingerprint density at radius 3 is 2.82 bits per heavy atom. The third-order valence-electron chi connectivity index (χ3n) is 5.30. The van der Waals surface area contributed by atoms with Crippen molar-refractivity contribution in [1.82, 2.24) is 20.2 Å². The van der Waals surface area contributed by atoms with Crippen LogP contribution in [0.4, 0.5) is 5.13 Å². The van der Waals surface area contributed by atoms with E-state index >= 15 is 0 Å². The van der Waals surface area contributed by atoms with Gasteiger partial charge in [0.15, 0.2) is 10.8 Å². The third kappa shape index (κ3) is 4.20. The number of pyridine rings is 1. The van der Waals surface area contributed by atoms with Crippen molar-refractivity contribution in [1.29, 1.82) is 0 Å². The molecule has 2 atom stereocenters. The highest BCUT2D eigenvalue weighted by Crippen LogP contribution is 2.43. The summed E-state index contributed by atoms with van der Waals surface area (Å²) in [5, 5.41) is 24.7. The van der Waals surface area contributed by atoms with Gasteiger partial charge in [-0.2, -0.15) is 0 Å². The van der Waals surface area contributed by atoms with Crippen molar-refractivity contribution in [3.05, 3.63) is 44.7 Å². The molecule has 12 nitrogen and oxygen atoms in total. The van der Waals surface area contributed by atoms with Gasteiger partial charge in [0.2, 0.25) is 0 Å². The number of carbonyl (C=O) groups is 3. The molecule has 1 fully saturated rings. The molecule has 1 saturated heterocycles. The predicted octanol–water partition coefficient (Wildman–Crippen LogP) is 0.989. The average Bonchev–Trinajstić information content (AvgIpc) is 3.15. The van der Waals surface area contributed by atoms with Crippen LogP contribution in [0, 0.1) is 0 Å². The minimum absolute atomic E-state index is 0.0460. The molecule has 2 unspecified atom stereocenters. The van der Waals surface area contributed by atoms with Gasteiger partial charge in [-0.25, -0.2) is 9.78 Å². The van der Waals surface area contributed by atoms with E-state index in [-0.39, 0.29) is 27.4 Å². The maximum absolute atomic E-state index is 12.9. The maximum Gasteiger partial charge on any atom is 0.353 e. The summed E-state index contributed by atoms with van der Waals surface area (Å²) in [4.78, 5) is 48.1. The van der Waals surface area contributed by atoms with Crippen molar-refractivity contribution in [3.63, 3.8) is 0 Å². The van der Waals surface area contributed by atoms with Crippen LogP contribution in [-0.2, 0) is 20.9 Å². The Balaban J connectivity index is 1.55. The fraction of sp³-hybridized carbons (Fsp3) is 0.263. The van der Waals surface area contributed by atoms with Gasteiger partial charge in [0.05, 0.1) is 11.7 Å². The number of carboxylic acids is 1. The van der Waals surface area contributed by atoms with Crippen LogP contribution in [0.1, 0.15) is 24.2 Å². The summed E-state index contributed by atoms with van der Waals surface area (Å²) in [6, 6.07) is 1.92. The Kier molecular flexibility index (Phi) is 6.74. The number of rotatable bonds is 7. The van der Waals surface area contributed by atoms with Crippen molar-refractivity contribution < 1.29 is 24.7 Å². The van der Waals surface area contributed by atoms with Crippen LogP contribution >= 0.6 is 34.7 Å². The lowest BCUT2D eigenvalue weighted by atomic mass is 9.86. The Morgan fingerprint density at radius 1 is 1.44 bits per heavy atom. The maximum atomic E-state index is 12.9. The summed E-state index contributed by atoms with van der Waals surface area (Å²) in [5.41, 5.74) is 11.1. The molecule has 2 amide bonds. The fourth-order valence-electron chi connectivity index (χ4n) is 3.80. The van der Waals surface area contributed by atoms with Gasteiger partial charge in [-0.15, -0.1) is 0 Å². The minimum Gasteiger partial charge on any atom is -0.477 e. The van der Waals surface area contributed by atoms with E-state index in [9.17, 15) is 24.7 Å². The minimum atomic E-state index is -1.26. The number of fused-ring (bicyclic) bond motifs is 1. The number of amides is 2. The second-order valence-electron chi connectivity index (χ2n) is 7.22. The number of nitrogens with one attached hydrogen (secondary N) is 1. The first-order valence-corrected chi connectivity index (χ1v) is 11.8. The van der Waals surface area contributed by atoms with Crippen LogP contribution in [-0.4, -0.2) is 60.8 Å². The first kappa shape index (κ1) is 23.9. The van der Waals surface area contributed by atoms with Gasteiger partial charge < -0.3 is 27.1 Å². The van der Waals surface area contributed by atoms with E-state index in [4.69, 9.17) is 23.1 Å². The van der Waals surface area contributed by atoms with Gasteiger partial charge in [-0.05, 0) is 25.0 Å². The molecule has 0 bridgehead atoms. The highest BCUT2D eigenvalue weighted by atomic mass is 35.5. The molecule has 0 saturated carbocycles.